The van der Waals surface area contributed by atoms with Gasteiger partial charge in [-0.25, -0.2) is 9.97 Å². The Morgan fingerprint density at radius 2 is 2.05 bits per heavy atom. The lowest BCUT2D eigenvalue weighted by atomic mass is 10.1. The SMILES string of the molecule is C[C@H](O)CNc1ncnc2scc(-c3ccccc3)c12. The van der Waals surface area contributed by atoms with E-state index in [9.17, 15) is 5.11 Å². The van der Waals surface area contributed by atoms with Crippen LogP contribution in [-0.2, 0) is 0 Å². The van der Waals surface area contributed by atoms with Crippen molar-refractivity contribution in [2.45, 2.75) is 13.0 Å². The van der Waals surface area contributed by atoms with Crippen molar-refractivity contribution in [1.82, 2.24) is 9.97 Å². The molecule has 4 nitrogen and oxygen atoms in total. The van der Waals surface area contributed by atoms with E-state index < -0.39 is 6.10 Å². The monoisotopic (exact) mass is 285 g/mol. The van der Waals surface area contributed by atoms with Crippen LogP contribution in [0.5, 0.6) is 0 Å². The lowest BCUT2D eigenvalue weighted by Crippen LogP contribution is -2.16. The zero-order valence-electron chi connectivity index (χ0n) is 11.1. The number of hydrogen-bond acceptors (Lipinski definition) is 5. The van der Waals surface area contributed by atoms with Crippen molar-refractivity contribution in [3.8, 4) is 11.1 Å². The van der Waals surface area contributed by atoms with E-state index in [1.807, 2.05) is 18.2 Å². The van der Waals surface area contributed by atoms with Crippen LogP contribution in [0.1, 0.15) is 6.92 Å². The van der Waals surface area contributed by atoms with E-state index in [0.717, 1.165) is 27.2 Å². The van der Waals surface area contributed by atoms with E-state index in [1.54, 1.807) is 24.6 Å². The van der Waals surface area contributed by atoms with Crippen LogP contribution in [0, 0.1) is 0 Å². The molecule has 0 unspecified atom stereocenters. The van der Waals surface area contributed by atoms with Crippen LogP contribution in [0.2, 0.25) is 0 Å². The number of nitrogens with one attached hydrogen (secondary N) is 1. The van der Waals surface area contributed by atoms with Crippen molar-refractivity contribution in [2.75, 3.05) is 11.9 Å². The fourth-order valence-corrected chi connectivity index (χ4v) is 3.00. The molecule has 2 N–H and O–H groups in total. The smallest absolute Gasteiger partial charge is 0.138 e. The molecule has 20 heavy (non-hydrogen) atoms. The van der Waals surface area contributed by atoms with Crippen LogP contribution in [0.25, 0.3) is 21.3 Å². The Hall–Kier alpha value is -1.98. The van der Waals surface area contributed by atoms with Crippen molar-refractivity contribution in [1.29, 1.82) is 0 Å². The molecule has 3 aromatic rings. The van der Waals surface area contributed by atoms with E-state index >= 15 is 0 Å². The van der Waals surface area contributed by atoms with Crippen molar-refractivity contribution >= 4 is 27.4 Å². The van der Waals surface area contributed by atoms with Crippen molar-refractivity contribution in [3.05, 3.63) is 42.0 Å². The minimum absolute atomic E-state index is 0.418. The van der Waals surface area contributed by atoms with Crippen molar-refractivity contribution in [3.63, 3.8) is 0 Å². The molecule has 1 atom stereocenters. The third-order valence-corrected chi connectivity index (χ3v) is 3.91. The first-order valence-corrected chi connectivity index (χ1v) is 7.33. The van der Waals surface area contributed by atoms with E-state index in [-0.39, 0.29) is 0 Å². The van der Waals surface area contributed by atoms with E-state index in [2.05, 4.69) is 32.8 Å². The molecule has 0 aliphatic carbocycles. The van der Waals surface area contributed by atoms with Gasteiger partial charge in [-0.2, -0.15) is 0 Å². The van der Waals surface area contributed by atoms with Gasteiger partial charge in [0.25, 0.3) is 0 Å². The standard InChI is InChI=1S/C15H15N3OS/c1-10(19)7-16-14-13-12(11-5-3-2-4-6-11)8-20-15(13)18-9-17-14/h2-6,8-10,19H,7H2,1H3,(H,16,17,18)/t10-/m0/s1. The number of aliphatic hydroxyl groups excluding tert-OH is 1. The summed E-state index contributed by atoms with van der Waals surface area (Å²) < 4.78 is 0. The number of benzene rings is 1. The Balaban J connectivity index is 2.10. The summed E-state index contributed by atoms with van der Waals surface area (Å²) in [4.78, 5) is 9.58. The highest BCUT2D eigenvalue weighted by Gasteiger charge is 2.12. The summed E-state index contributed by atoms with van der Waals surface area (Å²) in [5.41, 5.74) is 2.27. The molecule has 0 fully saturated rings. The Kier molecular flexibility index (Phi) is 3.62. The summed E-state index contributed by atoms with van der Waals surface area (Å²) in [5.74, 6) is 0.774. The molecule has 102 valence electrons. The van der Waals surface area contributed by atoms with Gasteiger partial charge in [0.05, 0.1) is 11.5 Å². The number of nitrogens with zero attached hydrogens (tertiary/aromatic N) is 2. The zero-order chi connectivity index (χ0) is 13.9. The van der Waals surface area contributed by atoms with E-state index in [1.165, 1.54) is 0 Å². The second kappa shape index (κ2) is 5.56. The number of aromatic nitrogens is 2. The molecule has 5 heteroatoms. The average molecular weight is 285 g/mol. The first kappa shape index (κ1) is 13.0. The average Bonchev–Trinajstić information content (AvgIpc) is 2.90. The number of rotatable bonds is 4. The largest absolute Gasteiger partial charge is 0.392 e. The molecule has 0 spiro atoms. The molecule has 2 heterocycles. The fraction of sp³-hybridized carbons (Fsp3) is 0.200. The number of thiophene rings is 1. The molecule has 1 aromatic carbocycles. The maximum atomic E-state index is 9.42. The molecule has 0 aliphatic heterocycles. The molecular formula is C15H15N3OS. The van der Waals surface area contributed by atoms with Crippen molar-refractivity contribution < 1.29 is 5.11 Å². The predicted molar refractivity (Wildman–Crippen MR) is 83.0 cm³/mol. The van der Waals surface area contributed by atoms with Gasteiger partial charge in [0.2, 0.25) is 0 Å². The third kappa shape index (κ3) is 2.50. The number of aliphatic hydroxyl groups is 1. The minimum atomic E-state index is -0.418. The van der Waals surface area contributed by atoms with Gasteiger partial charge in [0.15, 0.2) is 0 Å². The summed E-state index contributed by atoms with van der Waals surface area (Å²) in [6.45, 7) is 2.22. The Labute approximate surface area is 121 Å². The summed E-state index contributed by atoms with van der Waals surface area (Å²) in [6.07, 6.45) is 1.14. The van der Waals surface area contributed by atoms with E-state index in [0.29, 0.717) is 6.54 Å². The second-order valence-corrected chi connectivity index (χ2v) is 5.51. The Bertz CT molecular complexity index is 709. The second-order valence-electron chi connectivity index (χ2n) is 4.65. The molecule has 0 saturated carbocycles. The molecule has 3 rings (SSSR count). The van der Waals surface area contributed by atoms with Gasteiger partial charge in [-0.05, 0) is 12.5 Å². The zero-order valence-corrected chi connectivity index (χ0v) is 11.9. The number of hydrogen-bond donors (Lipinski definition) is 2. The van der Waals surface area contributed by atoms with Gasteiger partial charge < -0.3 is 10.4 Å². The minimum Gasteiger partial charge on any atom is -0.392 e. The van der Waals surface area contributed by atoms with Crippen LogP contribution < -0.4 is 5.32 Å². The number of anilines is 1. The van der Waals surface area contributed by atoms with Crippen LogP contribution in [0.3, 0.4) is 0 Å². The highest BCUT2D eigenvalue weighted by molar-refractivity contribution is 7.17. The van der Waals surface area contributed by atoms with Crippen LogP contribution in [0.15, 0.2) is 42.0 Å². The summed E-state index contributed by atoms with van der Waals surface area (Å²) in [5, 5.41) is 15.7. The topological polar surface area (TPSA) is 58.0 Å². The highest BCUT2D eigenvalue weighted by Crippen LogP contribution is 2.36. The molecule has 0 amide bonds. The van der Waals surface area contributed by atoms with Gasteiger partial charge in [-0.3, -0.25) is 0 Å². The maximum Gasteiger partial charge on any atom is 0.138 e. The summed E-state index contributed by atoms with van der Waals surface area (Å²) in [6, 6.07) is 10.2. The van der Waals surface area contributed by atoms with Gasteiger partial charge in [0.1, 0.15) is 17.0 Å². The predicted octanol–water partition coefficient (Wildman–Crippen LogP) is 3.15. The van der Waals surface area contributed by atoms with Crippen LogP contribution >= 0.6 is 11.3 Å². The number of fused-ring (bicyclic) bond motifs is 1. The van der Waals surface area contributed by atoms with Crippen LogP contribution in [-0.4, -0.2) is 27.7 Å². The molecule has 2 aromatic heterocycles. The first-order valence-electron chi connectivity index (χ1n) is 6.45. The first-order chi connectivity index (χ1) is 9.75. The highest BCUT2D eigenvalue weighted by atomic mass is 32.1. The molecule has 0 bridgehead atoms. The van der Waals surface area contributed by atoms with Gasteiger partial charge in [-0.15, -0.1) is 11.3 Å². The van der Waals surface area contributed by atoms with Gasteiger partial charge >= 0.3 is 0 Å². The lowest BCUT2D eigenvalue weighted by Gasteiger charge is -2.09. The summed E-state index contributed by atoms with van der Waals surface area (Å²) >= 11 is 1.60. The molecular weight excluding hydrogens is 270 g/mol. The third-order valence-electron chi connectivity index (χ3n) is 3.02. The van der Waals surface area contributed by atoms with Gasteiger partial charge in [0, 0.05) is 17.5 Å². The normalized spacial score (nSPS) is 12.5. The maximum absolute atomic E-state index is 9.42. The van der Waals surface area contributed by atoms with E-state index in [4.69, 9.17) is 0 Å². The Morgan fingerprint density at radius 1 is 1.25 bits per heavy atom. The van der Waals surface area contributed by atoms with Crippen molar-refractivity contribution in [2.24, 2.45) is 0 Å². The fourth-order valence-electron chi connectivity index (χ4n) is 2.08. The molecule has 0 aliphatic rings. The summed E-state index contributed by atoms with van der Waals surface area (Å²) in [7, 11) is 0. The molecule has 0 radical (unpaired) electrons. The Morgan fingerprint density at radius 3 is 2.80 bits per heavy atom. The lowest BCUT2D eigenvalue weighted by molar-refractivity contribution is 0.208. The molecule has 0 saturated heterocycles. The quantitative estimate of drug-likeness (QED) is 0.773. The van der Waals surface area contributed by atoms with Crippen LogP contribution in [0.4, 0.5) is 5.82 Å². The van der Waals surface area contributed by atoms with Gasteiger partial charge in [-0.1, -0.05) is 30.3 Å².